The second-order valence-electron chi connectivity index (χ2n) is 6.43. The van der Waals surface area contributed by atoms with Crippen molar-refractivity contribution in [3.63, 3.8) is 0 Å². The van der Waals surface area contributed by atoms with Crippen molar-refractivity contribution in [1.29, 1.82) is 0 Å². The lowest BCUT2D eigenvalue weighted by Gasteiger charge is -2.43. The summed E-state index contributed by atoms with van der Waals surface area (Å²) in [5.41, 5.74) is 0. The highest BCUT2D eigenvalue weighted by atomic mass is 32.2. The van der Waals surface area contributed by atoms with Gasteiger partial charge in [-0.2, -0.15) is 0 Å². The Morgan fingerprint density at radius 3 is 2.73 bits per heavy atom. The molecule has 7 nitrogen and oxygen atoms in total. The van der Waals surface area contributed by atoms with Crippen molar-refractivity contribution in [3.05, 3.63) is 0 Å². The summed E-state index contributed by atoms with van der Waals surface area (Å²) in [6.07, 6.45) is 3.01. The maximum atomic E-state index is 12.6. The Morgan fingerprint density at radius 1 is 1.32 bits per heavy atom. The minimum Gasteiger partial charge on any atom is -0.377 e. The normalized spacial score (nSPS) is 35.1. The quantitative estimate of drug-likeness (QED) is 0.787. The Kier molecular flexibility index (Phi) is 4.61. The topological polar surface area (TPSA) is 84.9 Å². The number of sulfone groups is 1. The molecular formula is C14H24N2O5S. The first-order valence-corrected chi connectivity index (χ1v) is 9.70. The van der Waals surface area contributed by atoms with Crippen LogP contribution in [-0.2, 0) is 19.3 Å². The number of nitrogens with one attached hydrogen (secondary N) is 1. The largest absolute Gasteiger partial charge is 0.377 e. The highest BCUT2D eigenvalue weighted by Crippen LogP contribution is 2.34. The molecule has 0 spiro atoms. The Balaban J connectivity index is 1.67. The Hall–Kier alpha value is -0.860. The lowest BCUT2D eigenvalue weighted by Crippen LogP contribution is -2.60. The van der Waals surface area contributed by atoms with E-state index in [2.05, 4.69) is 5.32 Å². The molecule has 22 heavy (non-hydrogen) atoms. The molecule has 1 N–H and O–H groups in total. The number of carbonyl (C=O) groups is 1. The lowest BCUT2D eigenvalue weighted by atomic mass is 9.79. The van der Waals surface area contributed by atoms with Crippen LogP contribution < -0.4 is 5.32 Å². The van der Waals surface area contributed by atoms with Gasteiger partial charge >= 0.3 is 6.03 Å². The van der Waals surface area contributed by atoms with Crippen molar-refractivity contribution in [2.45, 2.75) is 37.5 Å². The first-order valence-electron chi connectivity index (χ1n) is 7.88. The van der Waals surface area contributed by atoms with E-state index in [4.69, 9.17) is 9.47 Å². The molecule has 8 heteroatoms. The number of hydrogen-bond acceptors (Lipinski definition) is 5. The Bertz CT molecular complexity index is 519. The second-order valence-corrected chi connectivity index (χ2v) is 8.66. The summed E-state index contributed by atoms with van der Waals surface area (Å²) < 4.78 is 34.5. The van der Waals surface area contributed by atoms with Crippen LogP contribution in [0.5, 0.6) is 0 Å². The van der Waals surface area contributed by atoms with Gasteiger partial charge in [0.1, 0.15) is 6.10 Å². The number of hydrogen-bond donors (Lipinski definition) is 1. The second kappa shape index (κ2) is 6.33. The molecule has 3 rings (SSSR count). The molecule has 0 radical (unpaired) electrons. The van der Waals surface area contributed by atoms with Gasteiger partial charge in [-0.25, -0.2) is 13.2 Å². The van der Waals surface area contributed by atoms with Crippen molar-refractivity contribution < 1.29 is 22.7 Å². The predicted molar refractivity (Wildman–Crippen MR) is 80.4 cm³/mol. The van der Waals surface area contributed by atoms with Crippen molar-refractivity contribution >= 4 is 15.9 Å². The molecule has 0 bridgehead atoms. The third-order valence-electron chi connectivity index (χ3n) is 5.06. The van der Waals surface area contributed by atoms with E-state index in [0.717, 1.165) is 19.3 Å². The molecule has 3 aliphatic rings. The number of ether oxygens (including phenoxy) is 2. The van der Waals surface area contributed by atoms with Gasteiger partial charge < -0.3 is 19.7 Å². The molecule has 2 amide bonds. The van der Waals surface area contributed by atoms with Gasteiger partial charge in [0.2, 0.25) is 0 Å². The van der Waals surface area contributed by atoms with E-state index in [9.17, 15) is 13.2 Å². The number of methoxy groups -OCH3 is 1. The summed E-state index contributed by atoms with van der Waals surface area (Å²) >= 11 is 0. The summed E-state index contributed by atoms with van der Waals surface area (Å²) in [6.45, 7) is 1.19. The van der Waals surface area contributed by atoms with E-state index in [1.54, 1.807) is 12.0 Å². The predicted octanol–water partition coefficient (Wildman–Crippen LogP) is 0.00890. The first-order chi connectivity index (χ1) is 10.5. The van der Waals surface area contributed by atoms with Gasteiger partial charge in [-0.3, -0.25) is 0 Å². The summed E-state index contributed by atoms with van der Waals surface area (Å²) in [5, 5.41) is 2.95. The number of carbonyl (C=O) groups excluding carboxylic acids is 1. The molecule has 0 aromatic carbocycles. The molecule has 1 unspecified atom stereocenters. The van der Waals surface area contributed by atoms with Crippen molar-refractivity contribution in [2.24, 2.45) is 5.92 Å². The molecule has 1 aliphatic carbocycles. The molecule has 0 aromatic rings. The van der Waals surface area contributed by atoms with Crippen LogP contribution in [-0.4, -0.2) is 75.9 Å². The van der Waals surface area contributed by atoms with Crippen molar-refractivity contribution in [2.75, 3.05) is 38.4 Å². The minimum absolute atomic E-state index is 0.0541. The third kappa shape index (κ3) is 3.23. The molecular weight excluding hydrogens is 308 g/mol. The molecule has 2 saturated heterocycles. The maximum Gasteiger partial charge on any atom is 0.318 e. The zero-order valence-electron chi connectivity index (χ0n) is 12.9. The average Bonchev–Trinajstić information content (AvgIpc) is 2.83. The van der Waals surface area contributed by atoms with Gasteiger partial charge in [0.15, 0.2) is 9.84 Å². The Morgan fingerprint density at radius 2 is 2.09 bits per heavy atom. The minimum atomic E-state index is -3.03. The van der Waals surface area contributed by atoms with Gasteiger partial charge in [0.25, 0.3) is 0 Å². The third-order valence-corrected chi connectivity index (χ3v) is 6.72. The zero-order chi connectivity index (χ0) is 15.7. The van der Waals surface area contributed by atoms with Crippen LogP contribution in [0.25, 0.3) is 0 Å². The van der Waals surface area contributed by atoms with Gasteiger partial charge in [0.05, 0.1) is 36.8 Å². The summed E-state index contributed by atoms with van der Waals surface area (Å²) in [5.74, 6) is 0.470. The molecule has 2 heterocycles. The molecule has 126 valence electrons. The monoisotopic (exact) mass is 332 g/mol. The molecule has 3 fully saturated rings. The summed E-state index contributed by atoms with van der Waals surface area (Å²) in [7, 11) is -1.43. The van der Waals surface area contributed by atoms with Crippen LogP contribution in [0.2, 0.25) is 0 Å². The van der Waals surface area contributed by atoms with Gasteiger partial charge in [0, 0.05) is 13.7 Å². The summed E-state index contributed by atoms with van der Waals surface area (Å²) in [6, 6.07) is -0.543. The van der Waals surface area contributed by atoms with E-state index in [-0.39, 0.29) is 42.3 Å². The zero-order valence-corrected chi connectivity index (χ0v) is 13.7. The van der Waals surface area contributed by atoms with Crippen LogP contribution in [0.4, 0.5) is 4.79 Å². The number of urea groups is 1. The van der Waals surface area contributed by atoms with Crippen LogP contribution >= 0.6 is 0 Å². The van der Waals surface area contributed by atoms with Gasteiger partial charge in [-0.05, 0) is 18.8 Å². The van der Waals surface area contributed by atoms with E-state index < -0.39 is 9.84 Å². The fourth-order valence-corrected chi connectivity index (χ4v) is 5.06. The summed E-state index contributed by atoms with van der Waals surface area (Å²) in [4.78, 5) is 14.3. The highest BCUT2D eigenvalue weighted by Gasteiger charge is 2.42. The number of rotatable bonds is 3. The maximum absolute atomic E-state index is 12.6. The molecule has 3 atom stereocenters. The smallest absolute Gasteiger partial charge is 0.318 e. The van der Waals surface area contributed by atoms with Gasteiger partial charge in [-0.15, -0.1) is 0 Å². The SMILES string of the molecule is CO[C@@H]1COC[C@@H]1NC(=O)N1CCS(=O)(=O)CC1C1CCC1. The van der Waals surface area contributed by atoms with Crippen LogP contribution in [0, 0.1) is 5.92 Å². The fraction of sp³-hybridized carbons (Fsp3) is 0.929. The van der Waals surface area contributed by atoms with Crippen LogP contribution in [0.1, 0.15) is 19.3 Å². The Labute approximate surface area is 131 Å². The van der Waals surface area contributed by atoms with Crippen LogP contribution in [0.15, 0.2) is 0 Å². The highest BCUT2D eigenvalue weighted by molar-refractivity contribution is 7.91. The first kappa shape index (κ1) is 16.0. The lowest BCUT2D eigenvalue weighted by molar-refractivity contribution is 0.0713. The van der Waals surface area contributed by atoms with E-state index in [1.807, 2.05) is 0 Å². The van der Waals surface area contributed by atoms with Crippen molar-refractivity contribution in [3.8, 4) is 0 Å². The van der Waals surface area contributed by atoms with Crippen LogP contribution in [0.3, 0.4) is 0 Å². The van der Waals surface area contributed by atoms with E-state index in [0.29, 0.717) is 19.1 Å². The molecule has 2 aliphatic heterocycles. The standard InChI is InChI=1S/C14H24N2O5S/c1-20-13-8-21-7-11(13)15-14(17)16-5-6-22(18,19)9-12(16)10-3-2-4-10/h10-13H,2-9H2,1H3,(H,15,17)/t11-,12?,13+/m0/s1. The van der Waals surface area contributed by atoms with Crippen molar-refractivity contribution in [1.82, 2.24) is 10.2 Å². The molecule has 0 aromatic heterocycles. The molecule has 1 saturated carbocycles. The fourth-order valence-electron chi connectivity index (χ4n) is 3.45. The number of amides is 2. The van der Waals surface area contributed by atoms with Gasteiger partial charge in [-0.1, -0.05) is 6.42 Å². The van der Waals surface area contributed by atoms with E-state index >= 15 is 0 Å². The average molecular weight is 332 g/mol. The number of nitrogens with zero attached hydrogens (tertiary/aromatic N) is 1. The van der Waals surface area contributed by atoms with E-state index in [1.165, 1.54) is 0 Å².